The Bertz CT molecular complexity index is 105. The quantitative estimate of drug-likeness (QED) is 0.499. The first-order valence-electron chi connectivity index (χ1n) is 4.49. The van der Waals surface area contributed by atoms with Gasteiger partial charge in [-0.1, -0.05) is 13.8 Å². The number of likely N-dealkylation sites (tertiary alicyclic amines) is 1. The highest BCUT2D eigenvalue weighted by Crippen LogP contribution is 2.52. The first kappa shape index (κ1) is 8.06. The molecule has 1 aliphatic carbocycles. The standard InChI is InChI=1S/C7H13N.C2H6/c1-8-5-4-7(6-8)2-3-7;1-2/h2-6H2,1H3;1-2H3. The summed E-state index contributed by atoms with van der Waals surface area (Å²) in [6.45, 7) is 6.73. The normalized spacial score (nSPS) is 27.9. The summed E-state index contributed by atoms with van der Waals surface area (Å²) in [6.07, 6.45) is 4.50. The van der Waals surface area contributed by atoms with Crippen LogP contribution in [-0.4, -0.2) is 25.0 Å². The molecule has 1 spiro atoms. The summed E-state index contributed by atoms with van der Waals surface area (Å²) in [7, 11) is 2.23. The lowest BCUT2D eigenvalue weighted by atomic mass is 10.1. The number of nitrogens with zero attached hydrogens (tertiary/aromatic N) is 1. The number of hydrogen-bond donors (Lipinski definition) is 0. The summed E-state index contributed by atoms with van der Waals surface area (Å²) in [4.78, 5) is 2.45. The monoisotopic (exact) mass is 141 g/mol. The van der Waals surface area contributed by atoms with E-state index in [1.807, 2.05) is 13.8 Å². The van der Waals surface area contributed by atoms with Gasteiger partial charge in [-0.2, -0.15) is 0 Å². The number of rotatable bonds is 0. The average molecular weight is 141 g/mol. The van der Waals surface area contributed by atoms with E-state index < -0.39 is 0 Å². The predicted molar refractivity (Wildman–Crippen MR) is 45.1 cm³/mol. The molecule has 1 nitrogen and oxygen atoms in total. The van der Waals surface area contributed by atoms with Gasteiger partial charge in [0.1, 0.15) is 0 Å². The van der Waals surface area contributed by atoms with Crippen LogP contribution < -0.4 is 0 Å². The van der Waals surface area contributed by atoms with E-state index in [4.69, 9.17) is 0 Å². The van der Waals surface area contributed by atoms with Gasteiger partial charge >= 0.3 is 0 Å². The Balaban J connectivity index is 0.000000231. The van der Waals surface area contributed by atoms with Crippen molar-refractivity contribution in [3.05, 3.63) is 0 Å². The molecule has 1 heteroatoms. The Morgan fingerprint density at radius 2 is 1.70 bits per heavy atom. The van der Waals surface area contributed by atoms with Gasteiger partial charge in [0.2, 0.25) is 0 Å². The molecule has 60 valence electrons. The Hall–Kier alpha value is -0.0400. The molecule has 0 atom stereocenters. The van der Waals surface area contributed by atoms with E-state index >= 15 is 0 Å². The van der Waals surface area contributed by atoms with Gasteiger partial charge in [-0.3, -0.25) is 0 Å². The highest BCUT2D eigenvalue weighted by Gasteiger charge is 2.46. The molecule has 2 rings (SSSR count). The van der Waals surface area contributed by atoms with Crippen LogP contribution in [0.1, 0.15) is 33.1 Å². The van der Waals surface area contributed by atoms with Crippen LogP contribution in [-0.2, 0) is 0 Å². The third-order valence-corrected chi connectivity index (χ3v) is 2.59. The molecular formula is C9H19N. The van der Waals surface area contributed by atoms with Gasteiger partial charge in [-0.15, -0.1) is 0 Å². The topological polar surface area (TPSA) is 3.24 Å². The van der Waals surface area contributed by atoms with Crippen LogP contribution in [0.5, 0.6) is 0 Å². The largest absolute Gasteiger partial charge is 0.306 e. The third-order valence-electron chi connectivity index (χ3n) is 2.59. The first-order chi connectivity index (χ1) is 4.81. The Kier molecular flexibility index (Phi) is 2.35. The molecule has 1 saturated carbocycles. The molecule has 0 aromatic rings. The molecule has 0 unspecified atom stereocenters. The van der Waals surface area contributed by atoms with E-state index in [0.717, 1.165) is 5.41 Å². The summed E-state index contributed by atoms with van der Waals surface area (Å²) < 4.78 is 0. The average Bonchev–Trinajstić information content (AvgIpc) is 2.60. The fourth-order valence-corrected chi connectivity index (χ4v) is 1.74. The summed E-state index contributed by atoms with van der Waals surface area (Å²) in [5, 5.41) is 0. The molecule has 0 N–H and O–H groups in total. The molecule has 0 amide bonds. The highest BCUT2D eigenvalue weighted by atomic mass is 15.1. The summed E-state index contributed by atoms with van der Waals surface area (Å²) in [6, 6.07) is 0. The summed E-state index contributed by atoms with van der Waals surface area (Å²) >= 11 is 0. The molecule has 2 fully saturated rings. The second-order valence-corrected chi connectivity index (χ2v) is 3.49. The molecule has 10 heavy (non-hydrogen) atoms. The van der Waals surface area contributed by atoms with Crippen molar-refractivity contribution in [2.24, 2.45) is 5.41 Å². The van der Waals surface area contributed by atoms with Crippen molar-refractivity contribution in [1.82, 2.24) is 4.90 Å². The second-order valence-electron chi connectivity index (χ2n) is 3.49. The molecular weight excluding hydrogens is 122 g/mol. The Morgan fingerprint density at radius 1 is 1.10 bits per heavy atom. The van der Waals surface area contributed by atoms with Gasteiger partial charge in [0.25, 0.3) is 0 Å². The molecule has 1 saturated heterocycles. The minimum Gasteiger partial charge on any atom is -0.306 e. The van der Waals surface area contributed by atoms with Crippen molar-refractivity contribution in [2.45, 2.75) is 33.1 Å². The van der Waals surface area contributed by atoms with E-state index in [1.54, 1.807) is 0 Å². The Morgan fingerprint density at radius 3 is 1.90 bits per heavy atom. The van der Waals surface area contributed by atoms with E-state index in [9.17, 15) is 0 Å². The Labute approximate surface area is 64.4 Å². The van der Waals surface area contributed by atoms with Gasteiger partial charge in [0.15, 0.2) is 0 Å². The van der Waals surface area contributed by atoms with Crippen molar-refractivity contribution in [3.63, 3.8) is 0 Å². The molecule has 0 aromatic heterocycles. The maximum absolute atomic E-state index is 2.45. The summed E-state index contributed by atoms with van der Waals surface area (Å²) in [5.74, 6) is 0. The highest BCUT2D eigenvalue weighted by molar-refractivity contribution is 4.99. The van der Waals surface area contributed by atoms with Gasteiger partial charge in [-0.25, -0.2) is 0 Å². The third kappa shape index (κ3) is 1.51. The zero-order valence-electron chi connectivity index (χ0n) is 7.48. The lowest BCUT2D eigenvalue weighted by molar-refractivity contribution is 0.389. The van der Waals surface area contributed by atoms with E-state index in [-0.39, 0.29) is 0 Å². The van der Waals surface area contributed by atoms with Crippen molar-refractivity contribution in [3.8, 4) is 0 Å². The molecule has 0 bridgehead atoms. The fraction of sp³-hybridized carbons (Fsp3) is 1.00. The van der Waals surface area contributed by atoms with E-state index in [2.05, 4.69) is 11.9 Å². The fourth-order valence-electron chi connectivity index (χ4n) is 1.74. The van der Waals surface area contributed by atoms with Crippen molar-refractivity contribution < 1.29 is 0 Å². The van der Waals surface area contributed by atoms with E-state index in [1.165, 1.54) is 32.4 Å². The molecule has 1 heterocycles. The maximum atomic E-state index is 2.45. The van der Waals surface area contributed by atoms with Gasteiger partial charge in [0, 0.05) is 6.54 Å². The lowest BCUT2D eigenvalue weighted by Gasteiger charge is -2.05. The van der Waals surface area contributed by atoms with Crippen LogP contribution in [0.25, 0.3) is 0 Å². The summed E-state index contributed by atoms with van der Waals surface area (Å²) in [5.41, 5.74) is 0.842. The van der Waals surface area contributed by atoms with Gasteiger partial charge in [0.05, 0.1) is 0 Å². The van der Waals surface area contributed by atoms with Crippen LogP contribution >= 0.6 is 0 Å². The predicted octanol–water partition coefficient (Wildman–Crippen LogP) is 2.13. The molecule has 2 aliphatic rings. The zero-order valence-corrected chi connectivity index (χ0v) is 7.48. The van der Waals surface area contributed by atoms with Crippen molar-refractivity contribution >= 4 is 0 Å². The maximum Gasteiger partial charge on any atom is 0.00354 e. The minimum absolute atomic E-state index is 0.842. The molecule has 1 aliphatic heterocycles. The number of hydrogen-bond acceptors (Lipinski definition) is 1. The van der Waals surface area contributed by atoms with Gasteiger partial charge < -0.3 is 4.90 Å². The second kappa shape index (κ2) is 2.91. The van der Waals surface area contributed by atoms with Crippen LogP contribution in [0.3, 0.4) is 0 Å². The van der Waals surface area contributed by atoms with Crippen molar-refractivity contribution in [2.75, 3.05) is 20.1 Å². The van der Waals surface area contributed by atoms with Gasteiger partial charge in [-0.05, 0) is 38.3 Å². The van der Waals surface area contributed by atoms with Crippen LogP contribution in [0.15, 0.2) is 0 Å². The van der Waals surface area contributed by atoms with Crippen molar-refractivity contribution in [1.29, 1.82) is 0 Å². The van der Waals surface area contributed by atoms with Crippen LogP contribution in [0, 0.1) is 5.41 Å². The molecule has 0 radical (unpaired) electrons. The minimum atomic E-state index is 0.842. The zero-order chi connectivity index (χ0) is 7.61. The van der Waals surface area contributed by atoms with Crippen LogP contribution in [0.4, 0.5) is 0 Å². The SMILES string of the molecule is CC.CN1CCC2(CC2)C1. The first-order valence-corrected chi connectivity index (χ1v) is 4.49. The lowest BCUT2D eigenvalue weighted by Crippen LogP contribution is -2.14. The van der Waals surface area contributed by atoms with E-state index in [0.29, 0.717) is 0 Å². The van der Waals surface area contributed by atoms with Crippen LogP contribution in [0.2, 0.25) is 0 Å². The molecule has 0 aromatic carbocycles. The smallest absolute Gasteiger partial charge is 0.00354 e.